The van der Waals surface area contributed by atoms with Crippen LogP contribution in [0.25, 0.3) is 0 Å². The Morgan fingerprint density at radius 1 is 1.29 bits per heavy atom. The Bertz CT molecular complexity index is 677. The van der Waals surface area contributed by atoms with Crippen LogP contribution >= 0.6 is 15.9 Å². The second-order valence-electron chi connectivity index (χ2n) is 4.35. The van der Waals surface area contributed by atoms with Crippen LogP contribution in [0.4, 0.5) is 14.5 Å². The first-order valence-corrected chi connectivity index (χ1v) is 6.89. The molecule has 0 aliphatic carbocycles. The van der Waals surface area contributed by atoms with Crippen LogP contribution in [0.15, 0.2) is 40.9 Å². The molecule has 0 spiro atoms. The number of ether oxygens (including phenoxy) is 1. The molecule has 0 saturated heterocycles. The number of carbonyl (C=O) groups excluding carboxylic acids is 1. The van der Waals surface area contributed by atoms with Gasteiger partial charge in [-0.15, -0.1) is 0 Å². The average molecular weight is 356 g/mol. The van der Waals surface area contributed by atoms with Gasteiger partial charge in [0.05, 0.1) is 0 Å². The third kappa shape index (κ3) is 4.01. The highest BCUT2D eigenvalue weighted by Gasteiger charge is 2.13. The highest BCUT2D eigenvalue weighted by molar-refractivity contribution is 9.10. The molecule has 2 rings (SSSR count). The number of benzene rings is 2. The summed E-state index contributed by atoms with van der Waals surface area (Å²) in [6.45, 7) is 1.43. The van der Waals surface area contributed by atoms with Crippen LogP contribution in [0.1, 0.15) is 5.56 Å². The van der Waals surface area contributed by atoms with E-state index in [1.807, 2.05) is 19.1 Å². The van der Waals surface area contributed by atoms with Gasteiger partial charge in [0.1, 0.15) is 0 Å². The van der Waals surface area contributed by atoms with Gasteiger partial charge in [0.15, 0.2) is 18.2 Å². The van der Waals surface area contributed by atoms with Crippen LogP contribution in [-0.2, 0) is 4.79 Å². The van der Waals surface area contributed by atoms with Crippen molar-refractivity contribution in [3.63, 3.8) is 0 Å². The van der Waals surface area contributed by atoms with Gasteiger partial charge < -0.3 is 10.1 Å². The maximum Gasteiger partial charge on any atom is 0.262 e. The molecule has 0 heterocycles. The normalized spacial score (nSPS) is 10.3. The summed E-state index contributed by atoms with van der Waals surface area (Å²) in [7, 11) is 0. The summed E-state index contributed by atoms with van der Waals surface area (Å²) in [6, 6.07) is 9.47. The molecular weight excluding hydrogens is 344 g/mol. The molecule has 0 bridgehead atoms. The van der Waals surface area contributed by atoms with Crippen molar-refractivity contribution in [2.45, 2.75) is 6.92 Å². The minimum absolute atomic E-state index is 0.318. The van der Waals surface area contributed by atoms with E-state index < -0.39 is 24.1 Å². The molecule has 0 aromatic heterocycles. The van der Waals surface area contributed by atoms with Gasteiger partial charge >= 0.3 is 0 Å². The number of hydrogen-bond acceptors (Lipinski definition) is 2. The third-order valence-electron chi connectivity index (χ3n) is 2.74. The Hall–Kier alpha value is -1.95. The number of carbonyl (C=O) groups is 1. The molecule has 1 amide bonds. The monoisotopic (exact) mass is 355 g/mol. The largest absolute Gasteiger partial charge is 0.481 e. The first kappa shape index (κ1) is 15.4. The molecule has 21 heavy (non-hydrogen) atoms. The second kappa shape index (κ2) is 6.67. The molecule has 0 saturated carbocycles. The first-order chi connectivity index (χ1) is 9.97. The standard InChI is InChI=1S/C15H12BrF2NO2/c1-9-4-2-3-5-12(9)19-14(20)8-21-13-7-10(16)6-11(17)15(13)18/h2-7H,8H2,1H3,(H,19,20). The number of anilines is 1. The minimum Gasteiger partial charge on any atom is -0.481 e. The Morgan fingerprint density at radius 2 is 2.00 bits per heavy atom. The van der Waals surface area contributed by atoms with Crippen molar-refractivity contribution in [2.24, 2.45) is 0 Å². The summed E-state index contributed by atoms with van der Waals surface area (Å²) in [4.78, 5) is 11.8. The minimum atomic E-state index is -1.12. The molecule has 0 fully saturated rings. The van der Waals surface area contributed by atoms with E-state index in [2.05, 4.69) is 21.2 Å². The molecule has 2 aromatic carbocycles. The van der Waals surface area contributed by atoms with E-state index in [0.29, 0.717) is 10.2 Å². The van der Waals surface area contributed by atoms with Crippen LogP contribution in [0.5, 0.6) is 5.75 Å². The van der Waals surface area contributed by atoms with Gasteiger partial charge in [0.25, 0.3) is 5.91 Å². The molecule has 1 N–H and O–H groups in total. The van der Waals surface area contributed by atoms with Crippen molar-refractivity contribution < 1.29 is 18.3 Å². The predicted octanol–water partition coefficient (Wildman–Crippen LogP) is 4.05. The summed E-state index contributed by atoms with van der Waals surface area (Å²) in [5.74, 6) is -2.94. The van der Waals surface area contributed by atoms with E-state index in [4.69, 9.17) is 4.74 Å². The van der Waals surface area contributed by atoms with Crippen molar-refractivity contribution in [3.8, 4) is 5.75 Å². The summed E-state index contributed by atoms with van der Waals surface area (Å²) >= 11 is 3.03. The van der Waals surface area contributed by atoms with Gasteiger partial charge in [-0.05, 0) is 30.7 Å². The van der Waals surface area contributed by atoms with Crippen LogP contribution in [0.3, 0.4) is 0 Å². The van der Waals surface area contributed by atoms with E-state index in [9.17, 15) is 13.6 Å². The van der Waals surface area contributed by atoms with Gasteiger partial charge in [-0.25, -0.2) is 4.39 Å². The number of nitrogens with one attached hydrogen (secondary N) is 1. The van der Waals surface area contributed by atoms with Gasteiger partial charge in [-0.3, -0.25) is 4.79 Å². The van der Waals surface area contributed by atoms with E-state index in [1.54, 1.807) is 12.1 Å². The first-order valence-electron chi connectivity index (χ1n) is 6.10. The summed E-state index contributed by atoms with van der Waals surface area (Å²) < 4.78 is 32.0. The van der Waals surface area contributed by atoms with Gasteiger partial charge in [-0.1, -0.05) is 34.1 Å². The van der Waals surface area contributed by atoms with E-state index in [0.717, 1.165) is 11.6 Å². The van der Waals surface area contributed by atoms with Crippen molar-refractivity contribution in [2.75, 3.05) is 11.9 Å². The van der Waals surface area contributed by atoms with Crippen molar-refractivity contribution in [3.05, 3.63) is 58.1 Å². The lowest BCUT2D eigenvalue weighted by molar-refractivity contribution is -0.118. The van der Waals surface area contributed by atoms with E-state index >= 15 is 0 Å². The second-order valence-corrected chi connectivity index (χ2v) is 5.27. The molecule has 0 unspecified atom stereocenters. The molecule has 2 aromatic rings. The highest BCUT2D eigenvalue weighted by Crippen LogP contribution is 2.25. The smallest absolute Gasteiger partial charge is 0.262 e. The molecule has 110 valence electrons. The zero-order chi connectivity index (χ0) is 15.4. The third-order valence-corrected chi connectivity index (χ3v) is 3.20. The molecule has 0 atom stereocenters. The lowest BCUT2D eigenvalue weighted by Crippen LogP contribution is -2.21. The molecular formula is C15H12BrF2NO2. The number of amides is 1. The van der Waals surface area contributed by atoms with E-state index in [1.165, 1.54) is 6.07 Å². The molecule has 0 radical (unpaired) electrons. The van der Waals surface area contributed by atoms with Crippen LogP contribution in [-0.4, -0.2) is 12.5 Å². The summed E-state index contributed by atoms with van der Waals surface area (Å²) in [5.41, 5.74) is 1.54. The van der Waals surface area contributed by atoms with Crippen molar-refractivity contribution in [1.29, 1.82) is 0 Å². The number of rotatable bonds is 4. The van der Waals surface area contributed by atoms with Crippen molar-refractivity contribution in [1.82, 2.24) is 0 Å². The summed E-state index contributed by atoms with van der Waals surface area (Å²) in [5, 5.41) is 2.64. The fraction of sp³-hybridized carbons (Fsp3) is 0.133. The zero-order valence-electron chi connectivity index (χ0n) is 11.1. The highest BCUT2D eigenvalue weighted by atomic mass is 79.9. The van der Waals surface area contributed by atoms with Gasteiger partial charge in [0, 0.05) is 10.2 Å². The molecule has 3 nitrogen and oxygen atoms in total. The molecule has 6 heteroatoms. The van der Waals surface area contributed by atoms with Crippen LogP contribution < -0.4 is 10.1 Å². The Morgan fingerprint density at radius 3 is 2.71 bits per heavy atom. The zero-order valence-corrected chi connectivity index (χ0v) is 12.7. The van der Waals surface area contributed by atoms with Crippen molar-refractivity contribution >= 4 is 27.5 Å². The Balaban J connectivity index is 2.00. The maximum absolute atomic E-state index is 13.5. The van der Waals surface area contributed by atoms with Gasteiger partial charge in [0.2, 0.25) is 5.82 Å². The lowest BCUT2D eigenvalue weighted by atomic mass is 10.2. The SMILES string of the molecule is Cc1ccccc1NC(=O)COc1cc(Br)cc(F)c1F. The molecule has 0 aliphatic heterocycles. The Kier molecular flexibility index (Phi) is 4.90. The van der Waals surface area contributed by atoms with Crippen LogP contribution in [0.2, 0.25) is 0 Å². The number of para-hydroxylation sites is 1. The van der Waals surface area contributed by atoms with E-state index in [-0.39, 0.29) is 5.75 Å². The maximum atomic E-state index is 13.5. The fourth-order valence-electron chi connectivity index (χ4n) is 1.68. The number of hydrogen-bond donors (Lipinski definition) is 1. The van der Waals surface area contributed by atoms with Gasteiger partial charge in [-0.2, -0.15) is 4.39 Å². The predicted molar refractivity (Wildman–Crippen MR) is 79.4 cm³/mol. The summed E-state index contributed by atoms with van der Waals surface area (Å²) in [6.07, 6.45) is 0. The lowest BCUT2D eigenvalue weighted by Gasteiger charge is -2.10. The Labute approximate surface area is 129 Å². The number of halogens is 3. The average Bonchev–Trinajstić information content (AvgIpc) is 2.44. The van der Waals surface area contributed by atoms with Crippen LogP contribution in [0, 0.1) is 18.6 Å². The topological polar surface area (TPSA) is 38.3 Å². The molecule has 0 aliphatic rings. The quantitative estimate of drug-likeness (QED) is 0.840. The fourth-order valence-corrected chi connectivity index (χ4v) is 2.09. The number of aryl methyl sites for hydroxylation is 1.